The summed E-state index contributed by atoms with van der Waals surface area (Å²) in [6.07, 6.45) is 2.50. The Kier molecular flexibility index (Phi) is 5.03. The Morgan fingerprint density at radius 3 is 2.22 bits per heavy atom. The minimum atomic E-state index is -3.63. The van der Waals surface area contributed by atoms with E-state index in [4.69, 9.17) is 0 Å². The van der Waals surface area contributed by atoms with Crippen LogP contribution in [0, 0.1) is 19.7 Å². The Morgan fingerprint density at radius 2 is 1.74 bits per heavy atom. The lowest BCUT2D eigenvalue weighted by atomic mass is 10.0. The minimum Gasteiger partial charge on any atom is -0.263 e. The summed E-state index contributed by atoms with van der Waals surface area (Å²) >= 11 is 0. The zero-order chi connectivity index (χ0) is 20.0. The number of hydrogen-bond donors (Lipinski definition) is 0. The zero-order valence-electron chi connectivity index (χ0n) is 16.5. The summed E-state index contributed by atoms with van der Waals surface area (Å²) in [6.45, 7) is 10.2. The van der Waals surface area contributed by atoms with E-state index in [2.05, 4.69) is 5.10 Å². The van der Waals surface area contributed by atoms with E-state index in [0.29, 0.717) is 35.8 Å². The molecule has 0 radical (unpaired) electrons. The van der Waals surface area contributed by atoms with Crippen molar-refractivity contribution in [1.82, 2.24) is 14.1 Å². The van der Waals surface area contributed by atoms with Gasteiger partial charge in [-0.2, -0.15) is 9.40 Å². The van der Waals surface area contributed by atoms with E-state index in [-0.39, 0.29) is 11.4 Å². The number of halogens is 1. The van der Waals surface area contributed by atoms with Crippen molar-refractivity contribution in [1.29, 1.82) is 0 Å². The fourth-order valence-electron chi connectivity index (χ4n) is 3.58. The third-order valence-corrected chi connectivity index (χ3v) is 6.96. The van der Waals surface area contributed by atoms with Gasteiger partial charge in [0.1, 0.15) is 10.7 Å². The molecule has 0 spiro atoms. The maximum absolute atomic E-state index is 13.3. The molecule has 0 atom stereocenters. The molecule has 2 aromatic rings. The van der Waals surface area contributed by atoms with Crippen LogP contribution < -0.4 is 0 Å². The van der Waals surface area contributed by atoms with Gasteiger partial charge in [-0.1, -0.05) is 18.2 Å². The van der Waals surface area contributed by atoms with Crippen LogP contribution in [0.1, 0.15) is 44.1 Å². The predicted octanol–water partition coefficient (Wildman–Crippen LogP) is 3.87. The number of benzene rings is 1. The van der Waals surface area contributed by atoms with Crippen molar-refractivity contribution >= 4 is 15.6 Å². The first kappa shape index (κ1) is 19.8. The molecule has 0 saturated heterocycles. The number of rotatable bonds is 3. The molecule has 27 heavy (non-hydrogen) atoms. The molecule has 0 amide bonds. The van der Waals surface area contributed by atoms with E-state index in [9.17, 15) is 12.8 Å². The Balaban J connectivity index is 1.90. The molecule has 0 N–H and O–H groups in total. The highest BCUT2D eigenvalue weighted by Gasteiger charge is 2.33. The quantitative estimate of drug-likeness (QED) is 0.798. The highest BCUT2D eigenvalue weighted by molar-refractivity contribution is 7.89. The van der Waals surface area contributed by atoms with Gasteiger partial charge in [-0.25, -0.2) is 12.8 Å². The van der Waals surface area contributed by atoms with E-state index in [0.717, 1.165) is 11.1 Å². The van der Waals surface area contributed by atoms with Gasteiger partial charge in [0.15, 0.2) is 0 Å². The van der Waals surface area contributed by atoms with Gasteiger partial charge >= 0.3 is 0 Å². The fourth-order valence-corrected chi connectivity index (χ4v) is 5.31. The molecule has 1 aromatic heterocycles. The average Bonchev–Trinajstić information content (AvgIpc) is 2.91. The summed E-state index contributed by atoms with van der Waals surface area (Å²) in [5, 5.41) is 4.47. The molecule has 0 fully saturated rings. The van der Waals surface area contributed by atoms with Crippen LogP contribution in [-0.4, -0.2) is 35.6 Å². The summed E-state index contributed by atoms with van der Waals surface area (Å²) in [5.74, 6) is -0.277. The Hall–Kier alpha value is -1.99. The Morgan fingerprint density at radius 1 is 1.11 bits per heavy atom. The van der Waals surface area contributed by atoms with Gasteiger partial charge in [0.25, 0.3) is 0 Å². The predicted molar refractivity (Wildman–Crippen MR) is 104 cm³/mol. The highest BCUT2D eigenvalue weighted by Crippen LogP contribution is 2.30. The molecular formula is C20H26FN3O2S. The summed E-state index contributed by atoms with van der Waals surface area (Å²) in [4.78, 5) is 0.302. The van der Waals surface area contributed by atoms with Gasteiger partial charge in [-0.05, 0) is 64.3 Å². The number of aromatic nitrogens is 2. The topological polar surface area (TPSA) is 55.2 Å². The van der Waals surface area contributed by atoms with Crippen LogP contribution in [0.4, 0.5) is 4.39 Å². The maximum Gasteiger partial charge on any atom is 0.247 e. The molecule has 146 valence electrons. The number of sulfonamides is 1. The highest BCUT2D eigenvalue weighted by atomic mass is 32.2. The third-order valence-electron chi connectivity index (χ3n) is 4.85. The maximum atomic E-state index is 13.3. The minimum absolute atomic E-state index is 0.277. The van der Waals surface area contributed by atoms with Crippen molar-refractivity contribution in [2.45, 2.75) is 51.5 Å². The molecular weight excluding hydrogens is 365 g/mol. The zero-order valence-corrected chi connectivity index (χ0v) is 17.3. The number of nitrogens with zero attached hydrogens (tertiary/aromatic N) is 3. The summed E-state index contributed by atoms with van der Waals surface area (Å²) in [5.41, 5.74) is 2.87. The lowest BCUT2D eigenvalue weighted by molar-refractivity contribution is 0.345. The van der Waals surface area contributed by atoms with Gasteiger partial charge in [0.2, 0.25) is 10.0 Å². The van der Waals surface area contributed by atoms with E-state index in [1.807, 2.05) is 33.8 Å². The molecule has 0 aliphatic carbocycles. The molecule has 0 saturated carbocycles. The summed E-state index contributed by atoms with van der Waals surface area (Å²) in [7, 11) is -3.63. The summed E-state index contributed by atoms with van der Waals surface area (Å²) in [6, 6.07) is 6.31. The normalized spacial score (nSPS) is 16.4. The molecule has 1 aliphatic rings. The second-order valence-electron chi connectivity index (χ2n) is 7.93. The lowest BCUT2D eigenvalue weighted by Gasteiger charge is -2.26. The molecule has 5 nitrogen and oxygen atoms in total. The van der Waals surface area contributed by atoms with Crippen LogP contribution in [0.15, 0.2) is 35.2 Å². The molecule has 0 bridgehead atoms. The molecule has 0 unspecified atom stereocenters. The molecule has 1 aromatic carbocycles. The van der Waals surface area contributed by atoms with Gasteiger partial charge in [-0.15, -0.1) is 0 Å². The largest absolute Gasteiger partial charge is 0.263 e. The van der Waals surface area contributed by atoms with Crippen LogP contribution in [0.3, 0.4) is 0 Å². The van der Waals surface area contributed by atoms with Crippen molar-refractivity contribution in [3.63, 3.8) is 0 Å². The van der Waals surface area contributed by atoms with Crippen molar-refractivity contribution in [2.75, 3.05) is 13.1 Å². The van der Waals surface area contributed by atoms with Crippen molar-refractivity contribution in [3.8, 4) is 0 Å². The monoisotopic (exact) mass is 391 g/mol. The van der Waals surface area contributed by atoms with Crippen LogP contribution in [-0.2, 0) is 15.6 Å². The van der Waals surface area contributed by atoms with E-state index in [1.165, 1.54) is 16.4 Å². The van der Waals surface area contributed by atoms with Gasteiger partial charge in [0, 0.05) is 13.1 Å². The van der Waals surface area contributed by atoms with Crippen LogP contribution in [0.25, 0.3) is 5.57 Å². The van der Waals surface area contributed by atoms with Crippen LogP contribution >= 0.6 is 0 Å². The standard InChI is InChI=1S/C20H26FN3O2S/c1-14-19(15(2)24(22-14)20(3,4)5)27(25,26)23-12-10-17(11-13-23)16-6-8-18(21)9-7-16/h6-10H,11-13H2,1-5H3. The smallest absolute Gasteiger partial charge is 0.247 e. The third kappa shape index (κ3) is 3.71. The first-order valence-electron chi connectivity index (χ1n) is 9.03. The average molecular weight is 392 g/mol. The van der Waals surface area contributed by atoms with Gasteiger partial charge in [0.05, 0.1) is 16.9 Å². The molecule has 1 aliphatic heterocycles. The summed E-state index contributed by atoms with van der Waals surface area (Å²) < 4.78 is 42.9. The van der Waals surface area contributed by atoms with Gasteiger partial charge < -0.3 is 0 Å². The first-order chi connectivity index (χ1) is 12.5. The number of hydrogen-bond acceptors (Lipinski definition) is 3. The second-order valence-corrected chi connectivity index (χ2v) is 9.81. The van der Waals surface area contributed by atoms with E-state index >= 15 is 0 Å². The molecule has 2 heterocycles. The van der Waals surface area contributed by atoms with E-state index in [1.54, 1.807) is 23.7 Å². The van der Waals surface area contributed by atoms with Crippen molar-refractivity contribution in [2.24, 2.45) is 0 Å². The van der Waals surface area contributed by atoms with Crippen molar-refractivity contribution < 1.29 is 12.8 Å². The van der Waals surface area contributed by atoms with Crippen LogP contribution in [0.5, 0.6) is 0 Å². The Bertz CT molecular complexity index is 983. The Labute approximate surface area is 160 Å². The molecule has 7 heteroatoms. The second kappa shape index (κ2) is 6.87. The van der Waals surface area contributed by atoms with Gasteiger partial charge in [-0.3, -0.25) is 4.68 Å². The lowest BCUT2D eigenvalue weighted by Crippen LogP contribution is -2.35. The van der Waals surface area contributed by atoms with E-state index < -0.39 is 10.0 Å². The molecule has 3 rings (SSSR count). The number of aryl methyl sites for hydroxylation is 1. The SMILES string of the molecule is Cc1nn(C(C)(C)C)c(C)c1S(=O)(=O)N1CC=C(c2ccc(F)cc2)CC1. The first-order valence-corrected chi connectivity index (χ1v) is 10.5. The van der Waals surface area contributed by atoms with Crippen LogP contribution in [0.2, 0.25) is 0 Å². The van der Waals surface area contributed by atoms with Crippen molar-refractivity contribution in [3.05, 3.63) is 53.1 Å². The fraction of sp³-hybridized carbons (Fsp3) is 0.450.